The normalized spacial score (nSPS) is 11.4. The summed E-state index contributed by atoms with van der Waals surface area (Å²) in [6, 6.07) is 1.65. The Bertz CT molecular complexity index is 333. The first-order valence-electron chi connectivity index (χ1n) is 4.26. The van der Waals surface area contributed by atoms with Crippen molar-refractivity contribution in [3.8, 4) is 0 Å². The number of amides is 1. The largest absolute Gasteiger partial charge is 0.360 e. The molecule has 5 heteroatoms. The summed E-state index contributed by atoms with van der Waals surface area (Å²) in [6.45, 7) is 5.29. The molecule has 0 unspecified atom stereocenters. The molecule has 1 amide bonds. The van der Waals surface area contributed by atoms with Crippen molar-refractivity contribution >= 4 is 23.3 Å². The van der Waals surface area contributed by atoms with Gasteiger partial charge in [-0.15, -0.1) is 11.6 Å². The van der Waals surface area contributed by atoms with E-state index >= 15 is 0 Å². The van der Waals surface area contributed by atoms with Crippen molar-refractivity contribution in [1.29, 1.82) is 0 Å². The van der Waals surface area contributed by atoms with E-state index in [4.69, 9.17) is 16.1 Å². The Morgan fingerprint density at radius 2 is 2.36 bits per heavy atom. The van der Waals surface area contributed by atoms with Gasteiger partial charge in [0.15, 0.2) is 5.82 Å². The molecule has 1 aromatic heterocycles. The number of alkyl halides is 1. The third-order valence-corrected chi connectivity index (χ3v) is 2.49. The van der Waals surface area contributed by atoms with Gasteiger partial charge in [-0.05, 0) is 20.8 Å². The molecule has 0 atom stereocenters. The molecule has 0 saturated carbocycles. The predicted octanol–water partition coefficient (Wildman–Crippen LogP) is 2.19. The van der Waals surface area contributed by atoms with Crippen LogP contribution >= 0.6 is 11.6 Å². The van der Waals surface area contributed by atoms with Crippen LogP contribution in [0.5, 0.6) is 0 Å². The van der Waals surface area contributed by atoms with Crippen molar-refractivity contribution < 1.29 is 9.32 Å². The Kier molecular flexibility index (Phi) is 3.16. The minimum absolute atomic E-state index is 0.166. The Morgan fingerprint density at radius 1 is 1.71 bits per heavy atom. The van der Waals surface area contributed by atoms with E-state index in [2.05, 4.69) is 10.5 Å². The van der Waals surface area contributed by atoms with Crippen molar-refractivity contribution in [1.82, 2.24) is 5.16 Å². The van der Waals surface area contributed by atoms with Crippen molar-refractivity contribution in [2.45, 2.75) is 20.8 Å². The number of carbonyl (C=O) groups is 1. The first kappa shape index (κ1) is 11.0. The van der Waals surface area contributed by atoms with Crippen LogP contribution in [-0.4, -0.2) is 16.9 Å². The van der Waals surface area contributed by atoms with Gasteiger partial charge in [-0.1, -0.05) is 5.16 Å². The van der Waals surface area contributed by atoms with E-state index in [1.54, 1.807) is 26.8 Å². The summed E-state index contributed by atoms with van der Waals surface area (Å²) in [5, 5.41) is 6.28. The van der Waals surface area contributed by atoms with Crippen LogP contribution in [0.15, 0.2) is 10.6 Å². The fraction of sp³-hybridized carbons (Fsp3) is 0.556. The molecule has 0 bridgehead atoms. The predicted molar refractivity (Wildman–Crippen MR) is 54.4 cm³/mol. The van der Waals surface area contributed by atoms with Crippen molar-refractivity contribution in [2.24, 2.45) is 5.41 Å². The number of aryl methyl sites for hydroxylation is 1. The lowest BCUT2D eigenvalue weighted by molar-refractivity contribution is -0.123. The van der Waals surface area contributed by atoms with E-state index in [0.717, 1.165) is 0 Å². The molecular formula is C9H13ClN2O2. The van der Waals surface area contributed by atoms with Crippen LogP contribution in [0.1, 0.15) is 19.6 Å². The number of nitrogens with one attached hydrogen (secondary N) is 1. The highest BCUT2D eigenvalue weighted by molar-refractivity contribution is 6.20. The minimum atomic E-state index is -0.603. The van der Waals surface area contributed by atoms with Gasteiger partial charge < -0.3 is 9.84 Å². The Balaban J connectivity index is 2.66. The molecule has 1 rings (SSSR count). The molecule has 0 spiro atoms. The Hall–Kier alpha value is -1.03. The zero-order chi connectivity index (χ0) is 10.8. The summed E-state index contributed by atoms with van der Waals surface area (Å²) < 4.78 is 4.81. The summed E-state index contributed by atoms with van der Waals surface area (Å²) in [6.07, 6.45) is 0. The molecule has 4 nitrogen and oxygen atoms in total. The zero-order valence-electron chi connectivity index (χ0n) is 8.43. The van der Waals surface area contributed by atoms with Gasteiger partial charge in [-0.2, -0.15) is 0 Å². The highest BCUT2D eigenvalue weighted by Crippen LogP contribution is 2.19. The third-order valence-electron chi connectivity index (χ3n) is 1.82. The molecule has 1 N–H and O–H groups in total. The quantitative estimate of drug-likeness (QED) is 0.788. The van der Waals surface area contributed by atoms with Gasteiger partial charge in [-0.25, -0.2) is 0 Å². The van der Waals surface area contributed by atoms with Gasteiger partial charge in [-0.3, -0.25) is 4.79 Å². The highest BCUT2D eigenvalue weighted by atomic mass is 35.5. The summed E-state index contributed by atoms with van der Waals surface area (Å²) in [5.41, 5.74) is -0.603. The summed E-state index contributed by atoms with van der Waals surface area (Å²) in [7, 11) is 0. The third kappa shape index (κ3) is 2.48. The average Bonchev–Trinajstić information content (AvgIpc) is 2.51. The SMILES string of the molecule is Cc1cc(NC(=O)C(C)(C)CCl)no1. The maximum absolute atomic E-state index is 11.6. The molecule has 0 saturated heterocycles. The molecule has 0 aliphatic carbocycles. The number of halogens is 1. The van der Waals surface area contributed by atoms with E-state index in [0.29, 0.717) is 11.6 Å². The van der Waals surface area contributed by atoms with E-state index in [9.17, 15) is 4.79 Å². The number of nitrogens with zero attached hydrogens (tertiary/aromatic N) is 1. The van der Waals surface area contributed by atoms with Gasteiger partial charge in [0.2, 0.25) is 5.91 Å². The van der Waals surface area contributed by atoms with Gasteiger partial charge in [0.05, 0.1) is 5.41 Å². The molecule has 78 valence electrons. The van der Waals surface area contributed by atoms with Crippen LogP contribution in [-0.2, 0) is 4.79 Å². The van der Waals surface area contributed by atoms with Gasteiger partial charge >= 0.3 is 0 Å². The van der Waals surface area contributed by atoms with Crippen LogP contribution in [0, 0.1) is 12.3 Å². The lowest BCUT2D eigenvalue weighted by Crippen LogP contribution is -2.32. The Labute approximate surface area is 87.6 Å². The van der Waals surface area contributed by atoms with Gasteiger partial charge in [0.1, 0.15) is 5.76 Å². The highest BCUT2D eigenvalue weighted by Gasteiger charge is 2.27. The number of carbonyl (C=O) groups excluding carboxylic acids is 1. The molecule has 1 heterocycles. The average molecular weight is 217 g/mol. The molecule has 0 aliphatic rings. The van der Waals surface area contributed by atoms with E-state index in [-0.39, 0.29) is 11.8 Å². The van der Waals surface area contributed by atoms with Crippen LogP contribution < -0.4 is 5.32 Å². The number of rotatable bonds is 3. The van der Waals surface area contributed by atoms with Crippen LogP contribution in [0.3, 0.4) is 0 Å². The molecule has 14 heavy (non-hydrogen) atoms. The van der Waals surface area contributed by atoms with E-state index in [1.807, 2.05) is 0 Å². The number of aromatic nitrogens is 1. The van der Waals surface area contributed by atoms with Crippen LogP contribution in [0.25, 0.3) is 0 Å². The monoisotopic (exact) mass is 216 g/mol. The smallest absolute Gasteiger partial charge is 0.232 e. The Morgan fingerprint density at radius 3 is 2.79 bits per heavy atom. The van der Waals surface area contributed by atoms with Gasteiger partial charge in [0, 0.05) is 11.9 Å². The maximum Gasteiger partial charge on any atom is 0.232 e. The lowest BCUT2D eigenvalue weighted by atomic mass is 9.95. The molecule has 0 radical (unpaired) electrons. The number of hydrogen-bond acceptors (Lipinski definition) is 3. The van der Waals surface area contributed by atoms with E-state index < -0.39 is 5.41 Å². The molecule has 0 aromatic carbocycles. The first-order chi connectivity index (χ1) is 6.45. The standard InChI is InChI=1S/C9H13ClN2O2/c1-6-4-7(12-14-6)11-8(13)9(2,3)5-10/h4H,5H2,1-3H3,(H,11,12,13). The summed E-state index contributed by atoms with van der Waals surface area (Å²) >= 11 is 5.65. The second-order valence-electron chi connectivity index (χ2n) is 3.79. The summed E-state index contributed by atoms with van der Waals surface area (Å²) in [5.74, 6) is 1.17. The topological polar surface area (TPSA) is 55.1 Å². The molecule has 0 fully saturated rings. The maximum atomic E-state index is 11.6. The fourth-order valence-electron chi connectivity index (χ4n) is 0.772. The first-order valence-corrected chi connectivity index (χ1v) is 4.80. The second-order valence-corrected chi connectivity index (χ2v) is 4.06. The molecular weight excluding hydrogens is 204 g/mol. The van der Waals surface area contributed by atoms with Crippen LogP contribution in [0.2, 0.25) is 0 Å². The second kappa shape index (κ2) is 4.00. The van der Waals surface area contributed by atoms with Crippen molar-refractivity contribution in [3.05, 3.63) is 11.8 Å². The van der Waals surface area contributed by atoms with E-state index in [1.165, 1.54) is 0 Å². The molecule has 0 aliphatic heterocycles. The number of anilines is 1. The zero-order valence-corrected chi connectivity index (χ0v) is 9.18. The fourth-order valence-corrected chi connectivity index (χ4v) is 0.893. The lowest BCUT2D eigenvalue weighted by Gasteiger charge is -2.18. The van der Waals surface area contributed by atoms with Crippen molar-refractivity contribution in [3.63, 3.8) is 0 Å². The summed E-state index contributed by atoms with van der Waals surface area (Å²) in [4.78, 5) is 11.6. The van der Waals surface area contributed by atoms with Crippen LogP contribution in [0.4, 0.5) is 5.82 Å². The number of hydrogen-bond donors (Lipinski definition) is 1. The molecule has 1 aromatic rings. The van der Waals surface area contributed by atoms with Crippen molar-refractivity contribution in [2.75, 3.05) is 11.2 Å². The van der Waals surface area contributed by atoms with Gasteiger partial charge in [0.25, 0.3) is 0 Å². The minimum Gasteiger partial charge on any atom is -0.360 e.